The van der Waals surface area contributed by atoms with E-state index in [1.165, 1.54) is 43.8 Å². The zero-order chi connectivity index (χ0) is 22.8. The van der Waals surface area contributed by atoms with Gasteiger partial charge < -0.3 is 20.4 Å². The Labute approximate surface area is 188 Å². The lowest BCUT2D eigenvalue weighted by molar-refractivity contribution is -0.0971. The molecule has 3 saturated carbocycles. The molecule has 31 heavy (non-hydrogen) atoms. The highest BCUT2D eigenvalue weighted by Gasteiger charge is 2.50. The fourth-order valence-corrected chi connectivity index (χ4v) is 6.65. The monoisotopic (exact) mass is 432 g/mol. The topological polar surface area (TPSA) is 80.9 Å². The van der Waals surface area contributed by atoms with Crippen LogP contribution in [0.3, 0.4) is 0 Å². The van der Waals surface area contributed by atoms with Gasteiger partial charge in [0, 0.05) is 0 Å². The van der Waals surface area contributed by atoms with Gasteiger partial charge in [0.25, 0.3) is 0 Å². The van der Waals surface area contributed by atoms with E-state index in [0.717, 1.165) is 32.1 Å². The van der Waals surface area contributed by atoms with E-state index in [1.54, 1.807) is 5.57 Å². The lowest BCUT2D eigenvalue weighted by Crippen LogP contribution is -2.43. The number of hydrogen-bond acceptors (Lipinski definition) is 4. The lowest BCUT2D eigenvalue weighted by atomic mass is 9.60. The molecule has 4 N–H and O–H groups in total. The first-order valence-corrected chi connectivity index (χ1v) is 12.4. The Balaban J connectivity index is 1.68. The average Bonchev–Trinajstić information content (AvgIpc) is 3.09. The van der Waals surface area contributed by atoms with Gasteiger partial charge in [-0.25, -0.2) is 0 Å². The third-order valence-corrected chi connectivity index (χ3v) is 8.85. The highest BCUT2D eigenvalue weighted by atomic mass is 16.4. The summed E-state index contributed by atoms with van der Waals surface area (Å²) in [4.78, 5) is 0. The maximum Gasteiger partial charge on any atom is 0.111 e. The van der Waals surface area contributed by atoms with Crippen LogP contribution in [0.2, 0.25) is 0 Å². The van der Waals surface area contributed by atoms with Crippen LogP contribution in [0.4, 0.5) is 0 Å². The molecule has 0 aromatic heterocycles. The summed E-state index contributed by atoms with van der Waals surface area (Å²) in [5.74, 6) is 1.70. The summed E-state index contributed by atoms with van der Waals surface area (Å²) in [6.45, 7) is 10.1. The Bertz CT molecular complexity index is 706. The van der Waals surface area contributed by atoms with Gasteiger partial charge in [-0.05, 0) is 99.9 Å². The van der Waals surface area contributed by atoms with Crippen molar-refractivity contribution in [1.82, 2.24) is 0 Å². The standard InChI is InChI=1S/C27H44O4/c1-18-7-11-22(29)16-21(18)10-9-20-6-5-15-26(3)23(12-13-24(20)26)19(2)8-14-25(30)27(4,31)17-28/h9-10,19,22-25,28-31H,1,5-8,11-17H2,2-4H3/b20-9+,21-10-/t19-,22+,23-,24+,25?,26-,27?/m1/s1. The first-order chi connectivity index (χ1) is 14.6. The van der Waals surface area contributed by atoms with E-state index < -0.39 is 18.3 Å². The minimum absolute atomic E-state index is 0.231. The zero-order valence-corrected chi connectivity index (χ0v) is 19.8. The van der Waals surface area contributed by atoms with Gasteiger partial charge in [-0.1, -0.05) is 43.7 Å². The van der Waals surface area contributed by atoms with Gasteiger partial charge in [0.1, 0.15) is 5.60 Å². The predicted octanol–water partition coefficient (Wildman–Crippen LogP) is 4.68. The number of rotatable bonds is 7. The molecule has 0 saturated heterocycles. The Kier molecular flexibility index (Phi) is 7.89. The fraction of sp³-hybridized carbons (Fsp3) is 0.778. The van der Waals surface area contributed by atoms with E-state index >= 15 is 0 Å². The quantitative estimate of drug-likeness (QED) is 0.471. The van der Waals surface area contributed by atoms with E-state index in [9.17, 15) is 20.4 Å². The van der Waals surface area contributed by atoms with Gasteiger partial charge in [-0.15, -0.1) is 0 Å². The molecule has 0 aliphatic heterocycles. The summed E-state index contributed by atoms with van der Waals surface area (Å²) in [5.41, 5.74) is 2.82. The van der Waals surface area contributed by atoms with Crippen LogP contribution in [-0.2, 0) is 0 Å². The second-order valence-electron chi connectivity index (χ2n) is 11.1. The minimum Gasteiger partial charge on any atom is -0.393 e. The number of fused-ring (bicyclic) bond motifs is 1. The van der Waals surface area contributed by atoms with Crippen molar-refractivity contribution in [2.24, 2.45) is 23.2 Å². The van der Waals surface area contributed by atoms with Gasteiger partial charge in [-0.3, -0.25) is 0 Å². The maximum absolute atomic E-state index is 10.3. The molecule has 0 radical (unpaired) electrons. The first kappa shape index (κ1) is 24.7. The van der Waals surface area contributed by atoms with Crippen molar-refractivity contribution in [1.29, 1.82) is 0 Å². The Morgan fingerprint density at radius 1 is 1.19 bits per heavy atom. The average molecular weight is 433 g/mol. The molecule has 0 aromatic carbocycles. The molecular weight excluding hydrogens is 388 g/mol. The molecule has 4 heteroatoms. The van der Waals surface area contributed by atoms with E-state index in [0.29, 0.717) is 24.2 Å². The van der Waals surface area contributed by atoms with Gasteiger partial charge in [0.15, 0.2) is 0 Å². The highest BCUT2D eigenvalue weighted by Crippen LogP contribution is 2.60. The van der Waals surface area contributed by atoms with Crippen LogP contribution in [-0.4, -0.2) is 44.8 Å². The maximum atomic E-state index is 10.3. The van der Waals surface area contributed by atoms with Crippen LogP contribution in [0.15, 0.2) is 35.5 Å². The third kappa shape index (κ3) is 5.35. The smallest absolute Gasteiger partial charge is 0.111 e. The number of aliphatic hydroxyl groups is 4. The van der Waals surface area contributed by atoms with Crippen LogP contribution >= 0.6 is 0 Å². The first-order valence-electron chi connectivity index (χ1n) is 12.4. The molecule has 0 heterocycles. The molecule has 3 aliphatic rings. The van der Waals surface area contributed by atoms with Crippen LogP contribution < -0.4 is 0 Å². The second kappa shape index (κ2) is 9.91. The summed E-state index contributed by atoms with van der Waals surface area (Å²) in [7, 11) is 0. The Morgan fingerprint density at radius 3 is 2.65 bits per heavy atom. The lowest BCUT2D eigenvalue weighted by Gasteiger charge is -2.44. The molecule has 2 unspecified atom stereocenters. The Morgan fingerprint density at radius 2 is 1.94 bits per heavy atom. The molecule has 0 bridgehead atoms. The number of aliphatic hydroxyl groups excluding tert-OH is 3. The summed E-state index contributed by atoms with van der Waals surface area (Å²) >= 11 is 0. The number of hydrogen-bond donors (Lipinski definition) is 4. The largest absolute Gasteiger partial charge is 0.393 e. The molecule has 7 atom stereocenters. The summed E-state index contributed by atoms with van der Waals surface area (Å²) in [5, 5.41) is 39.7. The van der Waals surface area contributed by atoms with Gasteiger partial charge >= 0.3 is 0 Å². The number of allylic oxidation sites excluding steroid dienone is 4. The van der Waals surface area contributed by atoms with Crippen molar-refractivity contribution in [3.8, 4) is 0 Å². The van der Waals surface area contributed by atoms with Crippen LogP contribution in [0.25, 0.3) is 0 Å². The van der Waals surface area contributed by atoms with E-state index in [-0.39, 0.29) is 11.5 Å². The molecule has 3 fully saturated rings. The summed E-state index contributed by atoms with van der Waals surface area (Å²) < 4.78 is 0. The zero-order valence-electron chi connectivity index (χ0n) is 19.8. The second-order valence-corrected chi connectivity index (χ2v) is 11.1. The van der Waals surface area contributed by atoms with E-state index in [4.69, 9.17) is 0 Å². The third-order valence-electron chi connectivity index (χ3n) is 8.85. The Hall–Kier alpha value is -0.940. The van der Waals surface area contributed by atoms with E-state index in [1.807, 2.05) is 0 Å². The van der Waals surface area contributed by atoms with Crippen LogP contribution in [0.1, 0.15) is 85.0 Å². The van der Waals surface area contributed by atoms with Gasteiger partial charge in [-0.2, -0.15) is 0 Å². The molecular formula is C27H44O4. The molecule has 176 valence electrons. The van der Waals surface area contributed by atoms with Crippen molar-refractivity contribution in [2.75, 3.05) is 6.61 Å². The minimum atomic E-state index is -1.42. The van der Waals surface area contributed by atoms with Crippen molar-refractivity contribution < 1.29 is 20.4 Å². The fourth-order valence-electron chi connectivity index (χ4n) is 6.65. The molecule has 3 aliphatic carbocycles. The van der Waals surface area contributed by atoms with Gasteiger partial charge in [0.2, 0.25) is 0 Å². The van der Waals surface area contributed by atoms with Gasteiger partial charge in [0.05, 0.1) is 18.8 Å². The van der Waals surface area contributed by atoms with Crippen molar-refractivity contribution in [3.63, 3.8) is 0 Å². The van der Waals surface area contributed by atoms with E-state index in [2.05, 4.69) is 32.6 Å². The van der Waals surface area contributed by atoms with Crippen molar-refractivity contribution in [3.05, 3.63) is 35.5 Å². The summed E-state index contributed by atoms with van der Waals surface area (Å²) in [6.07, 6.45) is 13.4. The molecule has 4 nitrogen and oxygen atoms in total. The predicted molar refractivity (Wildman–Crippen MR) is 125 cm³/mol. The SMILES string of the molecule is C=C1CC[C@H](O)C/C1=C/C=C1\CCC[C@]2(C)[C@@H]([C@H](C)CCC(O)C(C)(O)CO)CC[C@@H]12. The molecule has 0 spiro atoms. The van der Waals surface area contributed by atoms with Crippen LogP contribution in [0.5, 0.6) is 0 Å². The molecule has 3 rings (SSSR count). The van der Waals surface area contributed by atoms with Crippen molar-refractivity contribution >= 4 is 0 Å². The van der Waals surface area contributed by atoms with Crippen LogP contribution in [0, 0.1) is 23.2 Å². The van der Waals surface area contributed by atoms with Crippen molar-refractivity contribution in [2.45, 2.75) is 103 Å². The molecule has 0 aromatic rings. The normalized spacial score (nSPS) is 38.2. The highest BCUT2D eigenvalue weighted by molar-refractivity contribution is 5.36. The summed E-state index contributed by atoms with van der Waals surface area (Å²) in [6, 6.07) is 0. The molecule has 0 amide bonds.